The fraction of sp³-hybridized carbons (Fsp3) is 0.148. The van der Waals surface area contributed by atoms with Crippen LogP contribution in [-0.4, -0.2) is 13.1 Å². The lowest BCUT2D eigenvalue weighted by molar-refractivity contribution is -0.134. The third-order valence-corrected chi connectivity index (χ3v) is 6.44. The van der Waals surface area contributed by atoms with Crippen molar-refractivity contribution in [2.45, 2.75) is 19.8 Å². The minimum atomic E-state index is -0.405. The normalized spacial score (nSPS) is 11.3. The highest BCUT2D eigenvalue weighted by Gasteiger charge is 2.20. The fourth-order valence-corrected chi connectivity index (χ4v) is 4.81. The van der Waals surface area contributed by atoms with Crippen molar-refractivity contribution >= 4 is 39.2 Å². The molecule has 1 aromatic heterocycles. The molecule has 0 aliphatic rings. The van der Waals surface area contributed by atoms with Gasteiger partial charge in [0.05, 0.1) is 12.0 Å². The number of thiophene rings is 1. The molecule has 6 heteroatoms. The molecule has 4 aromatic rings. The molecule has 0 unspecified atom stereocenters. The molecule has 0 saturated heterocycles. The molecule has 0 aliphatic carbocycles. The highest BCUT2D eigenvalue weighted by molar-refractivity contribution is 7.22. The number of nitroso groups, excluding NO2 is 1. The van der Waals surface area contributed by atoms with Crippen molar-refractivity contribution in [1.82, 2.24) is 0 Å². The highest BCUT2D eigenvalue weighted by atomic mass is 32.1. The van der Waals surface area contributed by atoms with Crippen LogP contribution in [0.15, 0.2) is 78.0 Å². The lowest BCUT2D eigenvalue weighted by Gasteiger charge is -2.14. The Morgan fingerprint density at radius 1 is 1.03 bits per heavy atom. The van der Waals surface area contributed by atoms with Crippen molar-refractivity contribution in [3.63, 3.8) is 0 Å². The first-order valence-electron chi connectivity index (χ1n) is 10.5. The molecule has 33 heavy (non-hydrogen) atoms. The first kappa shape index (κ1) is 22.4. The van der Waals surface area contributed by atoms with Gasteiger partial charge in [-0.1, -0.05) is 50.2 Å². The molecule has 166 valence electrons. The van der Waals surface area contributed by atoms with E-state index in [-0.39, 0.29) is 0 Å². The van der Waals surface area contributed by atoms with Gasteiger partial charge >= 0.3 is 5.97 Å². The Kier molecular flexibility index (Phi) is 6.66. The van der Waals surface area contributed by atoms with Gasteiger partial charge in [0.15, 0.2) is 5.75 Å². The maximum absolute atomic E-state index is 11.3. The van der Waals surface area contributed by atoms with Gasteiger partial charge in [0.25, 0.3) is 0 Å². The van der Waals surface area contributed by atoms with E-state index < -0.39 is 5.97 Å². The van der Waals surface area contributed by atoms with E-state index in [0.29, 0.717) is 17.4 Å². The quantitative estimate of drug-likeness (QED) is 0.160. The van der Waals surface area contributed by atoms with Gasteiger partial charge in [-0.25, -0.2) is 4.79 Å². The zero-order valence-electron chi connectivity index (χ0n) is 18.6. The van der Waals surface area contributed by atoms with Crippen molar-refractivity contribution in [3.8, 4) is 21.9 Å². The average molecular weight is 458 g/mol. The van der Waals surface area contributed by atoms with Crippen LogP contribution in [0, 0.1) is 4.91 Å². The first-order valence-corrected chi connectivity index (χ1v) is 11.3. The van der Waals surface area contributed by atoms with Crippen molar-refractivity contribution < 1.29 is 14.3 Å². The van der Waals surface area contributed by atoms with E-state index in [9.17, 15) is 9.70 Å². The summed E-state index contributed by atoms with van der Waals surface area (Å²) in [5.41, 5.74) is 3.59. The Morgan fingerprint density at radius 2 is 1.79 bits per heavy atom. The number of nitrogens with zero attached hydrogens (tertiary/aromatic N) is 1. The summed E-state index contributed by atoms with van der Waals surface area (Å²) < 4.78 is 12.0. The van der Waals surface area contributed by atoms with Gasteiger partial charge in [-0.05, 0) is 64.2 Å². The Labute approximate surface area is 196 Å². The zero-order chi connectivity index (χ0) is 23.4. The van der Waals surface area contributed by atoms with Gasteiger partial charge < -0.3 is 9.47 Å². The minimum Gasteiger partial charge on any atom is -0.466 e. The molecule has 0 atom stereocenters. The number of carbonyl (C=O) groups excluding carboxylic acids is 1. The van der Waals surface area contributed by atoms with Crippen LogP contribution < -0.4 is 4.74 Å². The van der Waals surface area contributed by atoms with Gasteiger partial charge in [0.1, 0.15) is 11.4 Å². The van der Waals surface area contributed by atoms with Crippen LogP contribution in [0.3, 0.4) is 0 Å². The standard InChI is InChI=1S/C27H23NO4S/c1-17(2)21-6-4-5-7-22(21)27-26(23-14-11-19(28-30)16-24(23)33-27)32-20-12-8-18(9-13-20)10-15-25(29)31-3/h4-17H,1-3H3/b15-10+. The van der Waals surface area contributed by atoms with Crippen LogP contribution in [0.5, 0.6) is 11.5 Å². The van der Waals surface area contributed by atoms with Crippen LogP contribution in [0.2, 0.25) is 0 Å². The summed E-state index contributed by atoms with van der Waals surface area (Å²) in [6.07, 6.45) is 3.07. The van der Waals surface area contributed by atoms with Crippen LogP contribution >= 0.6 is 11.3 Å². The molecule has 0 amide bonds. The SMILES string of the molecule is COC(=O)/C=C/c1ccc(Oc2c(-c3ccccc3C(C)C)sc3cc(N=O)ccc23)cc1. The molecule has 0 fully saturated rings. The number of benzene rings is 3. The van der Waals surface area contributed by atoms with Crippen LogP contribution in [-0.2, 0) is 9.53 Å². The highest BCUT2D eigenvalue weighted by Crippen LogP contribution is 2.48. The fourth-order valence-electron chi connectivity index (χ4n) is 3.60. The van der Waals surface area contributed by atoms with Crippen molar-refractivity contribution in [1.29, 1.82) is 0 Å². The molecule has 0 bridgehead atoms. The topological polar surface area (TPSA) is 65.0 Å². The summed E-state index contributed by atoms with van der Waals surface area (Å²) in [5, 5.41) is 4.01. The van der Waals surface area contributed by atoms with Crippen LogP contribution in [0.25, 0.3) is 26.6 Å². The molecule has 0 N–H and O–H groups in total. The predicted molar refractivity (Wildman–Crippen MR) is 134 cm³/mol. The number of carbonyl (C=O) groups is 1. The van der Waals surface area contributed by atoms with Gasteiger partial charge in [-0.2, -0.15) is 0 Å². The summed E-state index contributed by atoms with van der Waals surface area (Å²) in [6, 6.07) is 21.2. The number of ether oxygens (including phenoxy) is 2. The van der Waals surface area contributed by atoms with Gasteiger partial charge in [0.2, 0.25) is 0 Å². The van der Waals surface area contributed by atoms with Gasteiger partial charge in [-0.3, -0.25) is 0 Å². The lowest BCUT2D eigenvalue weighted by Crippen LogP contribution is -1.93. The second-order valence-corrected chi connectivity index (χ2v) is 8.85. The number of methoxy groups -OCH3 is 1. The van der Waals surface area contributed by atoms with Crippen LogP contribution in [0.1, 0.15) is 30.9 Å². The molecule has 4 rings (SSSR count). The number of fused-ring (bicyclic) bond motifs is 1. The molecule has 0 aliphatic heterocycles. The van der Waals surface area contributed by atoms with E-state index in [1.165, 1.54) is 18.7 Å². The third-order valence-electron chi connectivity index (χ3n) is 5.27. The minimum absolute atomic E-state index is 0.340. The third kappa shape index (κ3) is 4.86. The smallest absolute Gasteiger partial charge is 0.330 e. The van der Waals surface area contributed by atoms with E-state index >= 15 is 0 Å². The number of rotatable bonds is 7. The number of hydrogen-bond acceptors (Lipinski definition) is 6. The van der Waals surface area contributed by atoms with Crippen molar-refractivity contribution in [3.05, 3.63) is 88.8 Å². The molecular formula is C27H23NO4S. The summed E-state index contributed by atoms with van der Waals surface area (Å²) in [5.74, 6) is 1.36. The summed E-state index contributed by atoms with van der Waals surface area (Å²) in [6.45, 7) is 4.34. The maximum atomic E-state index is 11.3. The van der Waals surface area contributed by atoms with E-state index in [0.717, 1.165) is 31.8 Å². The number of hydrogen-bond donors (Lipinski definition) is 0. The van der Waals surface area contributed by atoms with Gasteiger partial charge in [-0.15, -0.1) is 16.2 Å². The number of esters is 1. The summed E-state index contributed by atoms with van der Waals surface area (Å²) in [7, 11) is 1.35. The first-order chi connectivity index (χ1) is 16.0. The molecule has 1 heterocycles. The largest absolute Gasteiger partial charge is 0.466 e. The summed E-state index contributed by atoms with van der Waals surface area (Å²) >= 11 is 1.59. The second kappa shape index (κ2) is 9.79. The van der Waals surface area contributed by atoms with Gasteiger partial charge in [0, 0.05) is 16.2 Å². The van der Waals surface area contributed by atoms with E-state index in [1.54, 1.807) is 29.5 Å². The van der Waals surface area contributed by atoms with E-state index in [4.69, 9.17) is 4.74 Å². The molecule has 3 aromatic carbocycles. The predicted octanol–water partition coefficient (Wildman–Crippen LogP) is 8.07. The Bertz CT molecular complexity index is 1340. The maximum Gasteiger partial charge on any atom is 0.330 e. The Morgan fingerprint density at radius 3 is 2.48 bits per heavy atom. The monoisotopic (exact) mass is 457 g/mol. The Hall–Kier alpha value is -3.77. The van der Waals surface area contributed by atoms with Crippen LogP contribution in [0.4, 0.5) is 5.69 Å². The van der Waals surface area contributed by atoms with Crippen molar-refractivity contribution in [2.75, 3.05) is 7.11 Å². The lowest BCUT2D eigenvalue weighted by atomic mass is 9.96. The van der Waals surface area contributed by atoms with Crippen molar-refractivity contribution in [2.24, 2.45) is 5.18 Å². The molecule has 0 saturated carbocycles. The van der Waals surface area contributed by atoms with E-state index in [2.05, 4.69) is 35.9 Å². The zero-order valence-corrected chi connectivity index (χ0v) is 19.4. The average Bonchev–Trinajstić information content (AvgIpc) is 3.20. The Balaban J connectivity index is 1.78. The summed E-state index contributed by atoms with van der Waals surface area (Å²) in [4.78, 5) is 23.4. The van der Waals surface area contributed by atoms with E-state index in [1.807, 2.05) is 42.5 Å². The molecule has 0 spiro atoms. The molecule has 0 radical (unpaired) electrons. The second-order valence-electron chi connectivity index (χ2n) is 7.80. The molecule has 5 nitrogen and oxygen atoms in total. The molecular weight excluding hydrogens is 434 g/mol.